The van der Waals surface area contributed by atoms with Crippen LogP contribution >= 0.6 is 0 Å². The van der Waals surface area contributed by atoms with Gasteiger partial charge in [0.1, 0.15) is 11.6 Å². The number of hydrogen-bond donors (Lipinski definition) is 2. The van der Waals surface area contributed by atoms with E-state index in [0.29, 0.717) is 25.3 Å². The maximum absolute atomic E-state index is 13.3. The highest BCUT2D eigenvalue weighted by Gasteiger charge is 2.11. The van der Waals surface area contributed by atoms with Crippen molar-refractivity contribution in [2.45, 2.75) is 38.6 Å². The van der Waals surface area contributed by atoms with Gasteiger partial charge < -0.3 is 15.2 Å². The number of carboxylic acid groups (broad SMARTS) is 1. The summed E-state index contributed by atoms with van der Waals surface area (Å²) in [6.45, 7) is 2.64. The van der Waals surface area contributed by atoms with E-state index in [4.69, 9.17) is 9.84 Å². The molecular formula is C21H24FNO4. The summed E-state index contributed by atoms with van der Waals surface area (Å²) in [4.78, 5) is 22.5. The Hall–Kier alpha value is -2.89. The zero-order valence-corrected chi connectivity index (χ0v) is 15.3. The second-order valence-electron chi connectivity index (χ2n) is 6.43. The van der Waals surface area contributed by atoms with Gasteiger partial charge in [0.15, 0.2) is 0 Å². The number of aliphatic carboxylic acids is 1. The highest BCUT2D eigenvalue weighted by molar-refractivity contribution is 5.76. The molecule has 0 aliphatic rings. The average Bonchev–Trinajstić information content (AvgIpc) is 2.64. The zero-order valence-electron chi connectivity index (χ0n) is 15.3. The minimum absolute atomic E-state index is 0.0673. The fourth-order valence-corrected chi connectivity index (χ4v) is 2.60. The first-order valence-electron chi connectivity index (χ1n) is 8.89. The molecule has 0 aliphatic carbocycles. The lowest BCUT2D eigenvalue weighted by atomic mass is 9.97. The van der Waals surface area contributed by atoms with Crippen LogP contribution in [0, 0.1) is 5.82 Å². The number of ether oxygens (including phenoxy) is 1. The molecule has 2 N–H and O–H groups in total. The van der Waals surface area contributed by atoms with Crippen LogP contribution in [0.1, 0.15) is 43.2 Å². The summed E-state index contributed by atoms with van der Waals surface area (Å²) in [6.07, 6.45) is 0.822. The van der Waals surface area contributed by atoms with E-state index in [1.807, 2.05) is 25.1 Å². The molecule has 6 heteroatoms. The Morgan fingerprint density at radius 2 is 1.93 bits per heavy atom. The normalized spacial score (nSPS) is 11.6. The van der Waals surface area contributed by atoms with Crippen LogP contribution in [0.25, 0.3) is 0 Å². The molecule has 0 aromatic heterocycles. The Balaban J connectivity index is 1.73. The Morgan fingerprint density at radius 3 is 2.59 bits per heavy atom. The van der Waals surface area contributed by atoms with E-state index in [-0.39, 0.29) is 30.5 Å². The van der Waals surface area contributed by atoms with Gasteiger partial charge in [0, 0.05) is 19.4 Å². The number of benzene rings is 2. The van der Waals surface area contributed by atoms with E-state index in [1.54, 1.807) is 18.2 Å². The SMILES string of the molecule is CC(CC(=O)NCc1ccc(OCCCC(=O)O)cc1)c1cccc(F)c1. The van der Waals surface area contributed by atoms with Gasteiger partial charge in [-0.3, -0.25) is 9.59 Å². The number of halogens is 1. The van der Waals surface area contributed by atoms with Crippen LogP contribution in [-0.2, 0) is 16.1 Å². The number of carboxylic acids is 1. The molecule has 0 bridgehead atoms. The highest BCUT2D eigenvalue weighted by Crippen LogP contribution is 2.19. The van der Waals surface area contributed by atoms with Gasteiger partial charge in [0.25, 0.3) is 0 Å². The Labute approximate surface area is 158 Å². The summed E-state index contributed by atoms with van der Waals surface area (Å²) >= 11 is 0. The quantitative estimate of drug-likeness (QED) is 0.620. The van der Waals surface area contributed by atoms with Gasteiger partial charge in [0.2, 0.25) is 5.91 Å². The number of nitrogens with one attached hydrogen (secondary N) is 1. The van der Waals surface area contributed by atoms with Crippen molar-refractivity contribution >= 4 is 11.9 Å². The van der Waals surface area contributed by atoms with E-state index in [0.717, 1.165) is 11.1 Å². The fraction of sp³-hybridized carbons (Fsp3) is 0.333. The van der Waals surface area contributed by atoms with Gasteiger partial charge in [0.05, 0.1) is 6.61 Å². The molecule has 2 aromatic carbocycles. The lowest BCUT2D eigenvalue weighted by molar-refractivity contribution is -0.137. The van der Waals surface area contributed by atoms with E-state index in [2.05, 4.69) is 5.32 Å². The maximum Gasteiger partial charge on any atom is 0.303 e. The molecule has 5 nitrogen and oxygen atoms in total. The molecule has 0 fully saturated rings. The minimum Gasteiger partial charge on any atom is -0.494 e. The molecule has 1 atom stereocenters. The van der Waals surface area contributed by atoms with Crippen molar-refractivity contribution in [3.05, 3.63) is 65.5 Å². The summed E-state index contributed by atoms with van der Waals surface area (Å²) in [7, 11) is 0. The highest BCUT2D eigenvalue weighted by atomic mass is 19.1. The number of amides is 1. The van der Waals surface area contributed by atoms with E-state index < -0.39 is 5.97 Å². The first kappa shape index (κ1) is 20.4. The molecule has 1 unspecified atom stereocenters. The predicted molar refractivity (Wildman–Crippen MR) is 100 cm³/mol. The van der Waals surface area contributed by atoms with Gasteiger partial charge in [-0.25, -0.2) is 4.39 Å². The summed E-state index contributed by atoms with van der Waals surface area (Å²) < 4.78 is 18.7. The van der Waals surface area contributed by atoms with Crippen molar-refractivity contribution in [2.24, 2.45) is 0 Å². The molecule has 0 aliphatic heterocycles. The predicted octanol–water partition coefficient (Wildman–Crippen LogP) is 3.88. The van der Waals surface area contributed by atoms with Crippen molar-refractivity contribution in [3.8, 4) is 5.75 Å². The topological polar surface area (TPSA) is 75.6 Å². The molecule has 0 radical (unpaired) electrons. The molecule has 27 heavy (non-hydrogen) atoms. The smallest absolute Gasteiger partial charge is 0.303 e. The summed E-state index contributed by atoms with van der Waals surface area (Å²) in [5.74, 6) is -0.639. The maximum atomic E-state index is 13.3. The van der Waals surface area contributed by atoms with E-state index in [9.17, 15) is 14.0 Å². The zero-order chi connectivity index (χ0) is 19.6. The molecule has 144 valence electrons. The summed E-state index contributed by atoms with van der Waals surface area (Å²) in [6, 6.07) is 13.6. The van der Waals surface area contributed by atoms with Gasteiger partial charge >= 0.3 is 5.97 Å². The van der Waals surface area contributed by atoms with Crippen LogP contribution in [0.15, 0.2) is 48.5 Å². The second kappa shape index (κ2) is 10.3. The molecule has 2 rings (SSSR count). The molecule has 1 amide bonds. The van der Waals surface area contributed by atoms with E-state index in [1.165, 1.54) is 12.1 Å². The monoisotopic (exact) mass is 373 g/mol. The van der Waals surface area contributed by atoms with E-state index >= 15 is 0 Å². The molecular weight excluding hydrogens is 349 g/mol. The molecule has 0 saturated heterocycles. The molecule has 0 heterocycles. The molecule has 0 saturated carbocycles. The van der Waals surface area contributed by atoms with Crippen LogP contribution < -0.4 is 10.1 Å². The van der Waals surface area contributed by atoms with Gasteiger partial charge in [-0.2, -0.15) is 0 Å². The average molecular weight is 373 g/mol. The summed E-state index contributed by atoms with van der Waals surface area (Å²) in [5.41, 5.74) is 1.73. The van der Waals surface area contributed by atoms with Crippen LogP contribution in [0.2, 0.25) is 0 Å². The van der Waals surface area contributed by atoms with Crippen LogP contribution in [0.3, 0.4) is 0 Å². The number of carbonyl (C=O) groups is 2. The third kappa shape index (κ3) is 7.48. The lowest BCUT2D eigenvalue weighted by Gasteiger charge is -2.12. The first-order chi connectivity index (χ1) is 12.9. The van der Waals surface area contributed by atoms with Crippen LogP contribution in [0.5, 0.6) is 5.75 Å². The Morgan fingerprint density at radius 1 is 1.19 bits per heavy atom. The van der Waals surface area contributed by atoms with Crippen molar-refractivity contribution in [1.29, 1.82) is 0 Å². The number of rotatable bonds is 10. The van der Waals surface area contributed by atoms with Gasteiger partial charge in [-0.15, -0.1) is 0 Å². The third-order valence-electron chi connectivity index (χ3n) is 4.13. The second-order valence-corrected chi connectivity index (χ2v) is 6.43. The fourth-order valence-electron chi connectivity index (χ4n) is 2.60. The van der Waals surface area contributed by atoms with Crippen LogP contribution in [-0.4, -0.2) is 23.6 Å². The van der Waals surface area contributed by atoms with Gasteiger partial charge in [-0.1, -0.05) is 31.2 Å². The standard InChI is InChI=1S/C21H24FNO4/c1-15(17-4-2-5-18(22)13-17)12-20(24)23-14-16-7-9-19(10-8-16)27-11-3-6-21(25)26/h2,4-5,7-10,13,15H,3,6,11-12,14H2,1H3,(H,23,24)(H,25,26). The van der Waals surface area contributed by atoms with Crippen molar-refractivity contribution in [3.63, 3.8) is 0 Å². The number of carbonyl (C=O) groups excluding carboxylic acids is 1. The molecule has 2 aromatic rings. The molecule has 0 spiro atoms. The summed E-state index contributed by atoms with van der Waals surface area (Å²) in [5, 5.41) is 11.4. The first-order valence-corrected chi connectivity index (χ1v) is 8.89. The van der Waals surface area contributed by atoms with Crippen LogP contribution in [0.4, 0.5) is 4.39 Å². The van der Waals surface area contributed by atoms with Crippen molar-refractivity contribution in [1.82, 2.24) is 5.32 Å². The lowest BCUT2D eigenvalue weighted by Crippen LogP contribution is -2.24. The number of hydrogen-bond acceptors (Lipinski definition) is 3. The van der Waals surface area contributed by atoms with Gasteiger partial charge in [-0.05, 0) is 47.7 Å². The largest absolute Gasteiger partial charge is 0.494 e. The van der Waals surface area contributed by atoms with Crippen molar-refractivity contribution < 1.29 is 23.8 Å². The minimum atomic E-state index is -0.837. The Bertz CT molecular complexity index is 761. The van der Waals surface area contributed by atoms with Crippen molar-refractivity contribution in [2.75, 3.05) is 6.61 Å². The third-order valence-corrected chi connectivity index (χ3v) is 4.13. The Kier molecular flexibility index (Phi) is 7.79.